The van der Waals surface area contributed by atoms with Crippen LogP contribution in [0.2, 0.25) is 0 Å². The summed E-state index contributed by atoms with van der Waals surface area (Å²) in [5.41, 5.74) is -0.126. The van der Waals surface area contributed by atoms with Crippen LogP contribution in [-0.2, 0) is 0 Å². The topological polar surface area (TPSA) is 72.7 Å². The zero-order chi connectivity index (χ0) is 13.8. The third-order valence-corrected chi connectivity index (χ3v) is 3.11. The second-order valence-corrected chi connectivity index (χ2v) is 4.34. The van der Waals surface area contributed by atoms with E-state index in [1.807, 2.05) is 0 Å². The fourth-order valence-electron chi connectivity index (χ4n) is 2.24. The lowest BCUT2D eigenvalue weighted by Crippen LogP contribution is -2.28. The molecule has 6 nitrogen and oxygen atoms in total. The number of nitro benzene ring substituents is 1. The molecule has 0 N–H and O–H groups in total. The van der Waals surface area contributed by atoms with Crippen LogP contribution >= 0.6 is 0 Å². The summed E-state index contributed by atoms with van der Waals surface area (Å²) in [7, 11) is 0. The van der Waals surface area contributed by atoms with Crippen molar-refractivity contribution in [2.75, 3.05) is 19.7 Å². The minimum absolute atomic E-state index is 0.0660. The zero-order valence-electron chi connectivity index (χ0n) is 10.8. The van der Waals surface area contributed by atoms with Gasteiger partial charge in [-0.05, 0) is 25.8 Å². The van der Waals surface area contributed by atoms with E-state index in [-0.39, 0.29) is 22.9 Å². The van der Waals surface area contributed by atoms with Crippen molar-refractivity contribution in [2.24, 2.45) is 0 Å². The number of benzene rings is 1. The van der Waals surface area contributed by atoms with E-state index >= 15 is 0 Å². The van der Waals surface area contributed by atoms with Gasteiger partial charge in [-0.25, -0.2) is 0 Å². The van der Waals surface area contributed by atoms with Crippen LogP contribution in [0.4, 0.5) is 5.69 Å². The fourth-order valence-corrected chi connectivity index (χ4v) is 2.24. The standard InChI is InChI=1S/C13H16N2O4/c1-2-19-11-7-5-6-10(15(17)18)12(11)13(16)14-8-3-4-9-14/h5-7H,2-4,8-9H2,1H3. The van der Waals surface area contributed by atoms with Crippen LogP contribution in [0.15, 0.2) is 18.2 Å². The van der Waals surface area contributed by atoms with Crippen molar-refractivity contribution < 1.29 is 14.5 Å². The summed E-state index contributed by atoms with van der Waals surface area (Å²) in [4.78, 5) is 24.6. The number of carbonyl (C=O) groups excluding carboxylic acids is 1. The van der Waals surface area contributed by atoms with Gasteiger partial charge in [0, 0.05) is 19.2 Å². The third kappa shape index (κ3) is 2.67. The van der Waals surface area contributed by atoms with E-state index < -0.39 is 4.92 Å². The second kappa shape index (κ2) is 5.69. The molecule has 0 unspecified atom stereocenters. The smallest absolute Gasteiger partial charge is 0.285 e. The minimum Gasteiger partial charge on any atom is -0.493 e. The minimum atomic E-state index is -0.536. The summed E-state index contributed by atoms with van der Waals surface area (Å²) in [6.07, 6.45) is 1.88. The van der Waals surface area contributed by atoms with E-state index in [9.17, 15) is 14.9 Å². The van der Waals surface area contributed by atoms with Crippen LogP contribution in [-0.4, -0.2) is 35.4 Å². The van der Waals surface area contributed by atoms with Gasteiger partial charge in [0.1, 0.15) is 5.75 Å². The van der Waals surface area contributed by atoms with Crippen molar-refractivity contribution in [3.63, 3.8) is 0 Å². The SMILES string of the molecule is CCOc1cccc([N+](=O)[O-])c1C(=O)N1CCCC1. The first-order chi connectivity index (χ1) is 9.15. The molecule has 0 aliphatic carbocycles. The quantitative estimate of drug-likeness (QED) is 0.617. The summed E-state index contributed by atoms with van der Waals surface area (Å²) in [6.45, 7) is 3.44. The first-order valence-electron chi connectivity index (χ1n) is 6.34. The number of hydrogen-bond acceptors (Lipinski definition) is 4. The van der Waals surface area contributed by atoms with Crippen LogP contribution in [0.5, 0.6) is 5.75 Å². The summed E-state index contributed by atoms with van der Waals surface area (Å²) in [5.74, 6) is -0.0261. The number of carbonyl (C=O) groups is 1. The number of nitro groups is 1. The van der Waals surface area contributed by atoms with Gasteiger partial charge in [-0.1, -0.05) is 6.07 Å². The number of likely N-dealkylation sites (tertiary alicyclic amines) is 1. The summed E-state index contributed by atoms with van der Waals surface area (Å²) < 4.78 is 5.36. The lowest BCUT2D eigenvalue weighted by Gasteiger charge is -2.17. The van der Waals surface area contributed by atoms with Gasteiger partial charge in [-0.15, -0.1) is 0 Å². The van der Waals surface area contributed by atoms with Crippen molar-refractivity contribution in [2.45, 2.75) is 19.8 Å². The van der Waals surface area contributed by atoms with Gasteiger partial charge in [-0.2, -0.15) is 0 Å². The highest BCUT2D eigenvalue weighted by Crippen LogP contribution is 2.30. The van der Waals surface area contributed by atoms with Crippen molar-refractivity contribution in [3.05, 3.63) is 33.9 Å². The Bertz CT molecular complexity index is 495. The van der Waals surface area contributed by atoms with Gasteiger partial charge >= 0.3 is 0 Å². The Morgan fingerprint density at radius 2 is 2.11 bits per heavy atom. The number of hydrogen-bond donors (Lipinski definition) is 0. The molecule has 1 aliphatic heterocycles. The Kier molecular flexibility index (Phi) is 3.99. The van der Waals surface area contributed by atoms with Crippen LogP contribution in [0.25, 0.3) is 0 Å². The molecule has 0 atom stereocenters. The maximum atomic E-state index is 12.4. The predicted octanol–water partition coefficient (Wildman–Crippen LogP) is 2.23. The highest BCUT2D eigenvalue weighted by molar-refractivity contribution is 6.01. The fraction of sp³-hybridized carbons (Fsp3) is 0.462. The monoisotopic (exact) mass is 264 g/mol. The molecule has 1 heterocycles. The molecule has 1 aromatic rings. The number of rotatable bonds is 4. The third-order valence-electron chi connectivity index (χ3n) is 3.11. The van der Waals surface area contributed by atoms with Crippen LogP contribution in [0.1, 0.15) is 30.1 Å². The molecule has 0 bridgehead atoms. The van der Waals surface area contributed by atoms with Crippen molar-refractivity contribution >= 4 is 11.6 Å². The Balaban J connectivity index is 2.44. The van der Waals surface area contributed by atoms with E-state index in [1.54, 1.807) is 17.9 Å². The zero-order valence-corrected chi connectivity index (χ0v) is 10.8. The second-order valence-electron chi connectivity index (χ2n) is 4.34. The average Bonchev–Trinajstić information content (AvgIpc) is 2.92. The molecule has 102 valence electrons. The molecular weight excluding hydrogens is 248 g/mol. The van der Waals surface area contributed by atoms with Crippen molar-refractivity contribution in [1.82, 2.24) is 4.90 Å². The highest BCUT2D eigenvalue weighted by atomic mass is 16.6. The highest BCUT2D eigenvalue weighted by Gasteiger charge is 2.30. The molecule has 0 spiro atoms. The normalized spacial score (nSPS) is 14.5. The molecule has 1 aliphatic rings. The van der Waals surface area contributed by atoms with E-state index in [4.69, 9.17) is 4.74 Å². The van der Waals surface area contributed by atoms with Crippen LogP contribution < -0.4 is 4.74 Å². The molecular formula is C13H16N2O4. The molecule has 2 rings (SSSR count). The summed E-state index contributed by atoms with van der Waals surface area (Å²) in [6, 6.07) is 4.47. The lowest BCUT2D eigenvalue weighted by atomic mass is 10.1. The predicted molar refractivity (Wildman–Crippen MR) is 69.4 cm³/mol. The summed E-state index contributed by atoms with van der Waals surface area (Å²) >= 11 is 0. The van der Waals surface area contributed by atoms with E-state index in [2.05, 4.69) is 0 Å². The molecule has 1 saturated heterocycles. The molecule has 0 saturated carbocycles. The van der Waals surface area contributed by atoms with Gasteiger partial charge in [0.05, 0.1) is 11.5 Å². The van der Waals surface area contributed by atoms with Crippen molar-refractivity contribution in [1.29, 1.82) is 0 Å². The molecule has 19 heavy (non-hydrogen) atoms. The maximum Gasteiger partial charge on any atom is 0.285 e. The van der Waals surface area contributed by atoms with Crippen molar-refractivity contribution in [3.8, 4) is 5.75 Å². The average molecular weight is 264 g/mol. The number of nitrogens with zero attached hydrogens (tertiary/aromatic N) is 2. The van der Waals surface area contributed by atoms with E-state index in [0.29, 0.717) is 19.7 Å². The summed E-state index contributed by atoms with van der Waals surface area (Å²) in [5, 5.41) is 11.1. The molecule has 0 radical (unpaired) electrons. The van der Waals surface area contributed by atoms with Gasteiger partial charge in [0.25, 0.3) is 11.6 Å². The molecule has 6 heteroatoms. The van der Waals surface area contributed by atoms with Gasteiger partial charge in [0.2, 0.25) is 0 Å². The molecule has 1 aromatic carbocycles. The number of ether oxygens (including phenoxy) is 1. The first kappa shape index (κ1) is 13.3. The number of amides is 1. The van der Waals surface area contributed by atoms with Gasteiger partial charge in [-0.3, -0.25) is 14.9 Å². The van der Waals surface area contributed by atoms with Gasteiger partial charge < -0.3 is 9.64 Å². The lowest BCUT2D eigenvalue weighted by molar-refractivity contribution is -0.385. The molecule has 1 fully saturated rings. The molecule has 1 amide bonds. The first-order valence-corrected chi connectivity index (χ1v) is 6.34. The Labute approximate surface area is 111 Å². The van der Waals surface area contributed by atoms with E-state index in [1.165, 1.54) is 12.1 Å². The van der Waals surface area contributed by atoms with Crippen LogP contribution in [0, 0.1) is 10.1 Å². The largest absolute Gasteiger partial charge is 0.493 e. The molecule has 0 aromatic heterocycles. The maximum absolute atomic E-state index is 12.4. The Hall–Kier alpha value is -2.11. The Morgan fingerprint density at radius 3 is 2.68 bits per heavy atom. The Morgan fingerprint density at radius 1 is 1.42 bits per heavy atom. The van der Waals surface area contributed by atoms with Crippen LogP contribution in [0.3, 0.4) is 0 Å². The van der Waals surface area contributed by atoms with E-state index in [0.717, 1.165) is 12.8 Å². The van der Waals surface area contributed by atoms with Gasteiger partial charge in [0.15, 0.2) is 5.56 Å².